The molecule has 0 radical (unpaired) electrons. The van der Waals surface area contributed by atoms with Gasteiger partial charge in [-0.05, 0) is 31.0 Å². The molecule has 0 amide bonds. The fraction of sp³-hybridized carbons (Fsp3) is 0.235. The average Bonchev–Trinajstić information content (AvgIpc) is 2.58. The summed E-state index contributed by atoms with van der Waals surface area (Å²) >= 11 is 0. The molecule has 0 spiro atoms. The fourth-order valence-corrected chi connectivity index (χ4v) is 2.42. The zero-order valence-corrected chi connectivity index (χ0v) is 13.9. The molecule has 3 aromatic rings. The van der Waals surface area contributed by atoms with Gasteiger partial charge in [0.25, 0.3) is 0 Å². The number of nitrogens with zero attached hydrogens (tertiary/aromatic N) is 4. The highest BCUT2D eigenvalue weighted by Gasteiger charge is 2.07. The number of anilines is 3. The summed E-state index contributed by atoms with van der Waals surface area (Å²) in [5.41, 5.74) is 15.0. The van der Waals surface area contributed by atoms with Crippen LogP contribution < -0.4 is 16.8 Å². The zero-order valence-electron chi connectivity index (χ0n) is 13.9. The zero-order chi connectivity index (χ0) is 17.8. The topological polar surface area (TPSA) is 133 Å². The predicted molar refractivity (Wildman–Crippen MR) is 96.7 cm³/mol. The molecule has 25 heavy (non-hydrogen) atoms. The first-order chi connectivity index (χ1) is 12.0. The number of rotatable bonds is 6. The van der Waals surface area contributed by atoms with Crippen molar-refractivity contribution in [3.63, 3.8) is 0 Å². The molecule has 0 atom stereocenters. The van der Waals surface area contributed by atoms with Gasteiger partial charge in [-0.15, -0.1) is 0 Å². The number of hydrogen-bond acceptors (Lipinski definition) is 8. The summed E-state index contributed by atoms with van der Waals surface area (Å²) in [5.74, 6) is 0.473. The molecule has 5 N–H and O–H groups in total. The molecule has 2 heterocycles. The molecule has 0 aliphatic carbocycles. The van der Waals surface area contributed by atoms with Crippen molar-refractivity contribution in [1.82, 2.24) is 19.9 Å². The van der Waals surface area contributed by atoms with E-state index in [9.17, 15) is 4.79 Å². The van der Waals surface area contributed by atoms with Gasteiger partial charge in [0.15, 0.2) is 17.0 Å². The SMILES string of the molecule is CC(=O)CCc1cccc(NCc2cnc3nc(N)nc(N)c3n2)c1. The summed E-state index contributed by atoms with van der Waals surface area (Å²) in [4.78, 5) is 27.7. The van der Waals surface area contributed by atoms with Crippen molar-refractivity contribution < 1.29 is 4.79 Å². The number of benzene rings is 1. The number of carbonyl (C=O) groups excluding carboxylic acids is 1. The molecular weight excluding hydrogens is 318 g/mol. The van der Waals surface area contributed by atoms with E-state index in [2.05, 4.69) is 25.3 Å². The fourth-order valence-electron chi connectivity index (χ4n) is 2.42. The minimum Gasteiger partial charge on any atom is -0.382 e. The Morgan fingerprint density at radius 1 is 1.20 bits per heavy atom. The van der Waals surface area contributed by atoms with Crippen molar-refractivity contribution in [1.29, 1.82) is 0 Å². The number of carbonyl (C=O) groups is 1. The monoisotopic (exact) mass is 337 g/mol. The van der Waals surface area contributed by atoms with Crippen molar-refractivity contribution in [2.45, 2.75) is 26.3 Å². The van der Waals surface area contributed by atoms with Crippen molar-refractivity contribution in [2.75, 3.05) is 16.8 Å². The standard InChI is InChI=1S/C17H19N7O/c1-10(25)5-6-11-3-2-4-12(7-11)20-8-13-9-21-16-14(22-13)15(18)23-17(19)24-16/h2-4,7,9,20H,5-6,8H2,1H3,(H4,18,19,21,23,24). The maximum atomic E-state index is 11.1. The Balaban J connectivity index is 1.72. The summed E-state index contributed by atoms with van der Waals surface area (Å²) < 4.78 is 0. The van der Waals surface area contributed by atoms with Gasteiger partial charge in [0.05, 0.1) is 18.4 Å². The molecule has 0 unspecified atom stereocenters. The maximum Gasteiger partial charge on any atom is 0.224 e. The second-order valence-corrected chi connectivity index (χ2v) is 5.76. The second kappa shape index (κ2) is 7.08. The van der Waals surface area contributed by atoms with Gasteiger partial charge in [-0.2, -0.15) is 9.97 Å². The molecule has 0 aliphatic rings. The molecule has 0 fully saturated rings. The lowest BCUT2D eigenvalue weighted by Gasteiger charge is -2.09. The van der Waals surface area contributed by atoms with Crippen molar-refractivity contribution in [2.24, 2.45) is 0 Å². The van der Waals surface area contributed by atoms with Crippen LogP contribution in [0.25, 0.3) is 11.2 Å². The quantitative estimate of drug-likeness (QED) is 0.619. The number of Topliss-reactive ketones (excluding diaryl/α,β-unsaturated/α-hetero) is 1. The minimum absolute atomic E-state index is 0.0764. The Hall–Kier alpha value is -3.29. The lowest BCUT2D eigenvalue weighted by Crippen LogP contribution is -2.07. The summed E-state index contributed by atoms with van der Waals surface area (Å²) in [7, 11) is 0. The van der Waals surface area contributed by atoms with Gasteiger partial charge in [0.1, 0.15) is 5.78 Å². The van der Waals surface area contributed by atoms with Crippen LogP contribution in [0.2, 0.25) is 0 Å². The molecule has 0 aliphatic heterocycles. The Kier molecular flexibility index (Phi) is 4.69. The summed E-state index contributed by atoms with van der Waals surface area (Å²) in [6.45, 7) is 2.08. The van der Waals surface area contributed by atoms with Gasteiger partial charge in [-0.1, -0.05) is 12.1 Å². The number of ketones is 1. The molecule has 8 nitrogen and oxygen atoms in total. The number of nitrogen functional groups attached to an aromatic ring is 2. The van der Waals surface area contributed by atoms with Gasteiger partial charge < -0.3 is 21.6 Å². The van der Waals surface area contributed by atoms with E-state index in [-0.39, 0.29) is 17.5 Å². The van der Waals surface area contributed by atoms with Gasteiger partial charge in [-0.25, -0.2) is 9.97 Å². The molecule has 128 valence electrons. The van der Waals surface area contributed by atoms with Crippen LogP contribution >= 0.6 is 0 Å². The normalized spacial score (nSPS) is 10.8. The average molecular weight is 337 g/mol. The largest absolute Gasteiger partial charge is 0.382 e. The Morgan fingerprint density at radius 2 is 2.04 bits per heavy atom. The Labute approximate surface area is 144 Å². The lowest BCUT2D eigenvalue weighted by molar-refractivity contribution is -0.116. The van der Waals surface area contributed by atoms with Crippen LogP contribution in [0.5, 0.6) is 0 Å². The number of aryl methyl sites for hydroxylation is 1. The van der Waals surface area contributed by atoms with E-state index in [0.29, 0.717) is 29.8 Å². The van der Waals surface area contributed by atoms with E-state index >= 15 is 0 Å². The van der Waals surface area contributed by atoms with E-state index in [4.69, 9.17) is 11.5 Å². The number of nitrogens with one attached hydrogen (secondary N) is 1. The molecule has 0 bridgehead atoms. The van der Waals surface area contributed by atoms with Gasteiger partial charge in [0, 0.05) is 12.1 Å². The molecule has 0 saturated heterocycles. The van der Waals surface area contributed by atoms with Crippen LogP contribution in [-0.2, 0) is 17.8 Å². The molecular formula is C17H19N7O. The number of nitrogens with two attached hydrogens (primary N) is 2. The van der Waals surface area contributed by atoms with Gasteiger partial charge >= 0.3 is 0 Å². The van der Waals surface area contributed by atoms with Crippen LogP contribution in [0.1, 0.15) is 24.6 Å². The van der Waals surface area contributed by atoms with E-state index in [1.54, 1.807) is 13.1 Å². The number of aromatic nitrogens is 4. The van der Waals surface area contributed by atoms with Crippen LogP contribution in [0.4, 0.5) is 17.5 Å². The first kappa shape index (κ1) is 16.6. The number of hydrogen-bond donors (Lipinski definition) is 3. The number of fused-ring (bicyclic) bond motifs is 1. The maximum absolute atomic E-state index is 11.1. The minimum atomic E-state index is 0.0764. The third kappa shape index (κ3) is 4.17. The molecule has 3 rings (SSSR count). The molecule has 2 aromatic heterocycles. The van der Waals surface area contributed by atoms with E-state index in [1.165, 1.54) is 0 Å². The highest BCUT2D eigenvalue weighted by atomic mass is 16.1. The predicted octanol–water partition coefficient (Wildman–Crippen LogP) is 1.72. The smallest absolute Gasteiger partial charge is 0.224 e. The molecule has 1 aromatic carbocycles. The summed E-state index contributed by atoms with van der Waals surface area (Å²) in [5, 5.41) is 3.29. The highest BCUT2D eigenvalue weighted by Crippen LogP contribution is 2.16. The third-order valence-corrected chi connectivity index (χ3v) is 3.67. The lowest BCUT2D eigenvalue weighted by atomic mass is 10.1. The molecule has 0 saturated carbocycles. The van der Waals surface area contributed by atoms with Crippen LogP contribution in [0, 0.1) is 0 Å². The van der Waals surface area contributed by atoms with Gasteiger partial charge in [-0.3, -0.25) is 0 Å². The van der Waals surface area contributed by atoms with E-state index in [0.717, 1.165) is 17.7 Å². The van der Waals surface area contributed by atoms with E-state index < -0.39 is 0 Å². The summed E-state index contributed by atoms with van der Waals surface area (Å²) in [6, 6.07) is 7.95. The van der Waals surface area contributed by atoms with Crippen LogP contribution in [-0.4, -0.2) is 25.7 Å². The first-order valence-electron chi connectivity index (χ1n) is 7.88. The van der Waals surface area contributed by atoms with Crippen molar-refractivity contribution in [3.8, 4) is 0 Å². The highest BCUT2D eigenvalue weighted by molar-refractivity contribution is 5.81. The molecule has 8 heteroatoms. The summed E-state index contributed by atoms with van der Waals surface area (Å²) in [6.07, 6.45) is 2.90. The van der Waals surface area contributed by atoms with Crippen molar-refractivity contribution >= 4 is 34.4 Å². The van der Waals surface area contributed by atoms with E-state index in [1.807, 2.05) is 24.3 Å². The Bertz CT molecular complexity index is 926. The Morgan fingerprint density at radius 3 is 2.84 bits per heavy atom. The van der Waals surface area contributed by atoms with Crippen LogP contribution in [0.3, 0.4) is 0 Å². The van der Waals surface area contributed by atoms with Gasteiger partial charge in [0.2, 0.25) is 5.95 Å². The third-order valence-electron chi connectivity index (χ3n) is 3.67. The van der Waals surface area contributed by atoms with Crippen molar-refractivity contribution in [3.05, 3.63) is 41.7 Å². The second-order valence-electron chi connectivity index (χ2n) is 5.76. The van der Waals surface area contributed by atoms with Crippen LogP contribution in [0.15, 0.2) is 30.5 Å². The first-order valence-corrected chi connectivity index (χ1v) is 7.88.